The number of hydrogen-bond donors (Lipinski definition) is 3. The van der Waals surface area contributed by atoms with Gasteiger partial charge in [0.05, 0.1) is 16.6 Å². The Hall–Kier alpha value is -3.19. The highest BCUT2D eigenvalue weighted by atomic mass is 16.5. The summed E-state index contributed by atoms with van der Waals surface area (Å²) >= 11 is 0. The molecule has 0 bridgehead atoms. The minimum atomic E-state index is -0.737. The Morgan fingerprint density at radius 1 is 1.09 bits per heavy atom. The zero-order valence-corrected chi connectivity index (χ0v) is 11.2. The van der Waals surface area contributed by atoms with Crippen molar-refractivity contribution in [3.63, 3.8) is 0 Å². The summed E-state index contributed by atoms with van der Waals surface area (Å²) in [6.45, 7) is 0. The number of aromatic nitrogens is 2. The van der Waals surface area contributed by atoms with E-state index < -0.39 is 17.2 Å². The van der Waals surface area contributed by atoms with Gasteiger partial charge in [0, 0.05) is 5.56 Å². The van der Waals surface area contributed by atoms with Gasteiger partial charge in [-0.25, -0.2) is 14.8 Å². The van der Waals surface area contributed by atoms with Gasteiger partial charge in [-0.15, -0.1) is 0 Å². The van der Waals surface area contributed by atoms with Crippen molar-refractivity contribution in [2.75, 3.05) is 0 Å². The van der Waals surface area contributed by atoms with Crippen LogP contribution in [0.4, 0.5) is 0 Å². The van der Waals surface area contributed by atoms with Crippen LogP contribution in [0.15, 0.2) is 58.1 Å². The number of nitrogens with one attached hydrogen (secondary N) is 2. The van der Waals surface area contributed by atoms with Crippen molar-refractivity contribution >= 4 is 16.8 Å². The van der Waals surface area contributed by atoms with E-state index in [1.54, 1.807) is 30.3 Å². The summed E-state index contributed by atoms with van der Waals surface area (Å²) in [7, 11) is 0. The van der Waals surface area contributed by atoms with E-state index in [2.05, 4.69) is 4.98 Å². The maximum Gasteiger partial charge on any atom is 0.333 e. The number of aromatic amines is 1. The third kappa shape index (κ3) is 2.19. The Balaban J connectivity index is 2.34. The molecule has 0 fully saturated rings. The molecule has 0 unspecified atom stereocenters. The fourth-order valence-electron chi connectivity index (χ4n) is 2.23. The quantitative estimate of drug-likeness (QED) is 0.480. The summed E-state index contributed by atoms with van der Waals surface area (Å²) in [4.78, 5) is 38.7. The molecule has 0 saturated carbocycles. The first-order valence-electron chi connectivity index (χ1n) is 6.41. The van der Waals surface area contributed by atoms with Crippen molar-refractivity contribution in [2.45, 2.75) is 0 Å². The number of benzene rings is 2. The molecule has 22 heavy (non-hydrogen) atoms. The topological polar surface area (TPSA) is 104 Å². The largest absolute Gasteiger partial charge is 0.333 e. The molecule has 3 rings (SSSR count). The van der Waals surface area contributed by atoms with Crippen LogP contribution in [0.1, 0.15) is 10.4 Å². The third-order valence-corrected chi connectivity index (χ3v) is 3.28. The monoisotopic (exact) mass is 297 g/mol. The summed E-state index contributed by atoms with van der Waals surface area (Å²) < 4.78 is 0.989. The van der Waals surface area contributed by atoms with Gasteiger partial charge in [-0.3, -0.25) is 14.8 Å². The number of hydrogen-bond acceptors (Lipinski definition) is 4. The van der Waals surface area contributed by atoms with Gasteiger partial charge >= 0.3 is 5.69 Å². The fourth-order valence-corrected chi connectivity index (χ4v) is 2.23. The van der Waals surface area contributed by atoms with Crippen LogP contribution in [0.2, 0.25) is 0 Å². The molecule has 0 aliphatic carbocycles. The lowest BCUT2D eigenvalue weighted by Gasteiger charge is -2.07. The van der Waals surface area contributed by atoms with Crippen molar-refractivity contribution in [1.29, 1.82) is 0 Å². The van der Waals surface area contributed by atoms with E-state index in [9.17, 15) is 14.4 Å². The number of rotatable bonds is 2. The maximum atomic E-state index is 12.6. The molecule has 110 valence electrons. The predicted molar refractivity (Wildman–Crippen MR) is 79.4 cm³/mol. The molecule has 0 atom stereocenters. The Kier molecular flexibility index (Phi) is 3.32. The number of carbonyl (C=O) groups is 1. The highest BCUT2D eigenvalue weighted by Crippen LogP contribution is 2.10. The number of amides is 1. The fraction of sp³-hybridized carbons (Fsp3) is 0. The second kappa shape index (κ2) is 5.30. The molecule has 2 aromatic carbocycles. The van der Waals surface area contributed by atoms with Gasteiger partial charge in [0.25, 0.3) is 11.5 Å². The van der Waals surface area contributed by atoms with Gasteiger partial charge in [0.1, 0.15) is 0 Å². The van der Waals surface area contributed by atoms with E-state index in [-0.39, 0.29) is 10.9 Å². The van der Waals surface area contributed by atoms with Gasteiger partial charge < -0.3 is 4.98 Å². The van der Waals surface area contributed by atoms with Crippen LogP contribution in [0.5, 0.6) is 0 Å². The molecule has 0 aliphatic rings. The molecule has 0 radical (unpaired) electrons. The van der Waals surface area contributed by atoms with Crippen LogP contribution in [0, 0.1) is 0 Å². The van der Waals surface area contributed by atoms with Crippen molar-refractivity contribution in [2.24, 2.45) is 0 Å². The van der Waals surface area contributed by atoms with E-state index >= 15 is 0 Å². The van der Waals surface area contributed by atoms with Crippen LogP contribution in [0.25, 0.3) is 16.6 Å². The minimum absolute atomic E-state index is 0.110. The molecule has 0 saturated heterocycles. The molecule has 7 heteroatoms. The van der Waals surface area contributed by atoms with Crippen LogP contribution < -0.4 is 16.7 Å². The third-order valence-electron chi connectivity index (χ3n) is 3.28. The van der Waals surface area contributed by atoms with E-state index in [1.807, 2.05) is 0 Å². The van der Waals surface area contributed by atoms with Crippen LogP contribution in [-0.4, -0.2) is 20.7 Å². The summed E-state index contributed by atoms with van der Waals surface area (Å²) in [5, 5.41) is 8.84. The molecule has 1 aromatic heterocycles. The van der Waals surface area contributed by atoms with Gasteiger partial charge in [0.15, 0.2) is 0 Å². The first-order chi connectivity index (χ1) is 10.6. The minimum Gasteiger partial charge on any atom is -0.306 e. The Morgan fingerprint density at radius 2 is 1.82 bits per heavy atom. The van der Waals surface area contributed by atoms with Gasteiger partial charge in [-0.2, -0.15) is 0 Å². The number of nitrogens with zero attached hydrogens (tertiary/aromatic N) is 1. The SMILES string of the molecule is O=C(NO)c1ccc2[nH]c(=O)n(-c3ccccc3)c(=O)c2c1. The Bertz CT molecular complexity index is 973. The van der Waals surface area contributed by atoms with Crippen molar-refractivity contribution in [1.82, 2.24) is 15.0 Å². The predicted octanol–water partition coefficient (Wildman–Crippen LogP) is 0.798. The first kappa shape index (κ1) is 13.8. The summed E-state index contributed by atoms with van der Waals surface area (Å²) in [6, 6.07) is 12.6. The van der Waals surface area contributed by atoms with Crippen molar-refractivity contribution in [3.05, 3.63) is 74.9 Å². The van der Waals surface area contributed by atoms with Crippen molar-refractivity contribution < 1.29 is 10.0 Å². The highest BCUT2D eigenvalue weighted by molar-refractivity contribution is 5.97. The zero-order valence-electron chi connectivity index (χ0n) is 11.2. The lowest BCUT2D eigenvalue weighted by Crippen LogP contribution is -2.33. The van der Waals surface area contributed by atoms with E-state index in [0.29, 0.717) is 11.2 Å². The molecule has 7 nitrogen and oxygen atoms in total. The number of fused-ring (bicyclic) bond motifs is 1. The van der Waals surface area contributed by atoms with E-state index in [1.165, 1.54) is 23.7 Å². The molecule has 3 aromatic rings. The average molecular weight is 297 g/mol. The lowest BCUT2D eigenvalue weighted by molar-refractivity contribution is 0.0706. The molecule has 1 heterocycles. The number of H-pyrrole nitrogens is 1. The smallest absolute Gasteiger partial charge is 0.306 e. The molecule has 1 amide bonds. The van der Waals surface area contributed by atoms with Gasteiger partial charge in [0.2, 0.25) is 0 Å². The second-order valence-electron chi connectivity index (χ2n) is 4.61. The molecule has 0 aliphatic heterocycles. The second-order valence-corrected chi connectivity index (χ2v) is 4.61. The number of para-hydroxylation sites is 1. The normalized spacial score (nSPS) is 10.6. The van der Waals surface area contributed by atoms with Crippen LogP contribution in [0.3, 0.4) is 0 Å². The van der Waals surface area contributed by atoms with Crippen LogP contribution >= 0.6 is 0 Å². The molecular formula is C15H11N3O4. The van der Waals surface area contributed by atoms with Crippen molar-refractivity contribution in [3.8, 4) is 5.69 Å². The van der Waals surface area contributed by atoms with E-state index in [4.69, 9.17) is 5.21 Å². The summed E-state index contributed by atoms with van der Waals surface area (Å²) in [5.74, 6) is -0.737. The Morgan fingerprint density at radius 3 is 2.50 bits per heavy atom. The summed E-state index contributed by atoms with van der Waals surface area (Å²) in [5.41, 5.74) is 1.24. The summed E-state index contributed by atoms with van der Waals surface area (Å²) in [6.07, 6.45) is 0. The first-order valence-corrected chi connectivity index (χ1v) is 6.41. The van der Waals surface area contributed by atoms with E-state index in [0.717, 1.165) is 4.57 Å². The van der Waals surface area contributed by atoms with Crippen LogP contribution in [-0.2, 0) is 0 Å². The van der Waals surface area contributed by atoms with Gasteiger partial charge in [-0.05, 0) is 30.3 Å². The lowest BCUT2D eigenvalue weighted by atomic mass is 10.1. The average Bonchev–Trinajstić information content (AvgIpc) is 2.55. The maximum absolute atomic E-state index is 12.6. The number of hydroxylamine groups is 1. The molecular weight excluding hydrogens is 286 g/mol. The highest BCUT2D eigenvalue weighted by Gasteiger charge is 2.12. The molecule has 0 spiro atoms. The Labute approximate surface area is 123 Å². The standard InChI is InChI=1S/C15H11N3O4/c19-13(17-22)9-6-7-12-11(8-9)14(20)18(15(21)16-12)10-4-2-1-3-5-10/h1-8,22H,(H,16,21)(H,17,19). The molecule has 3 N–H and O–H groups in total. The zero-order chi connectivity index (χ0) is 15.7. The van der Waals surface area contributed by atoms with Gasteiger partial charge in [-0.1, -0.05) is 18.2 Å². The number of carbonyl (C=O) groups excluding carboxylic acids is 1.